The Labute approximate surface area is 134 Å². The van der Waals surface area contributed by atoms with Crippen LogP contribution in [0.4, 0.5) is 0 Å². The highest BCUT2D eigenvalue weighted by Gasteiger charge is 1.94. The largest absolute Gasteiger partial charge is 0.397 e. The van der Waals surface area contributed by atoms with Gasteiger partial charge in [-0.15, -0.1) is 0 Å². The van der Waals surface area contributed by atoms with Crippen molar-refractivity contribution in [3.8, 4) is 0 Å². The van der Waals surface area contributed by atoms with Crippen LogP contribution in [0.15, 0.2) is 0 Å². The van der Waals surface area contributed by atoms with Gasteiger partial charge < -0.3 is 0 Å². The fourth-order valence-corrected chi connectivity index (χ4v) is 0. The van der Waals surface area contributed by atoms with Gasteiger partial charge in [0.25, 0.3) is 20.2 Å². The number of hydrogen-bond donors (Lipinski definition) is 4. The molecule has 23 heavy (non-hydrogen) atoms. The molecule has 0 fully saturated rings. The Kier molecular flexibility index (Phi) is 17.1. The van der Waals surface area contributed by atoms with Gasteiger partial charge in [-0.2, -0.15) is 33.7 Å². The number of hydrogen-bond acceptors (Lipinski definition) is 10. The average Bonchev–Trinajstić information content (AvgIpc) is 2.25. The van der Waals surface area contributed by atoms with Crippen LogP contribution in [0.2, 0.25) is 0 Å². The van der Waals surface area contributed by atoms with E-state index in [1.54, 1.807) is 0 Å². The summed E-state index contributed by atoms with van der Waals surface area (Å²) in [5.41, 5.74) is 0. The first kappa shape index (κ1) is 30.4. The maximum absolute atomic E-state index is 9.56. The zero-order valence-electron chi connectivity index (χ0n) is 12.2. The molecular weight excluding hydrogens is 412 g/mol. The van der Waals surface area contributed by atoms with Crippen LogP contribution in [0.25, 0.3) is 0 Å². The van der Waals surface area contributed by atoms with E-state index in [9.17, 15) is 33.7 Å². The van der Waals surface area contributed by atoms with Gasteiger partial charge in [-0.3, -0.25) is 26.6 Å². The summed E-state index contributed by atoms with van der Waals surface area (Å²) in [4.78, 5) is 0. The van der Waals surface area contributed by atoms with E-state index in [4.69, 9.17) is 18.2 Å². The van der Waals surface area contributed by atoms with Gasteiger partial charge in [-0.05, 0) is 6.92 Å². The molecule has 0 aromatic heterocycles. The summed E-state index contributed by atoms with van der Waals surface area (Å²) in [6.45, 7) is 1.37. The molecule has 0 spiro atoms. The predicted molar refractivity (Wildman–Crippen MR) is 76.7 cm³/mol. The van der Waals surface area contributed by atoms with E-state index in [1.807, 2.05) is 0 Å². The molecule has 0 aliphatic heterocycles. The molecule has 0 amide bonds. The lowest BCUT2D eigenvalue weighted by Crippen LogP contribution is -1.97. The molecule has 0 bridgehead atoms. The van der Waals surface area contributed by atoms with Crippen LogP contribution < -0.4 is 0 Å². The highest BCUT2D eigenvalue weighted by atomic mass is 32.3. The van der Waals surface area contributed by atoms with E-state index in [2.05, 4.69) is 8.37 Å². The zero-order chi connectivity index (χ0) is 20.1. The van der Waals surface area contributed by atoms with Gasteiger partial charge in [0.1, 0.15) is 0 Å². The van der Waals surface area contributed by atoms with Crippen molar-refractivity contribution in [2.45, 2.75) is 6.92 Å². The molecule has 0 aliphatic carbocycles. The van der Waals surface area contributed by atoms with Gasteiger partial charge in [0.15, 0.2) is 0 Å². The van der Waals surface area contributed by atoms with Gasteiger partial charge >= 0.3 is 20.8 Å². The fourth-order valence-electron chi connectivity index (χ4n) is 0. The highest BCUT2D eigenvalue weighted by Crippen LogP contribution is 1.75. The minimum atomic E-state index is -4.16. The molecule has 0 unspecified atom stereocenters. The molecule has 14 nitrogen and oxygen atoms in total. The van der Waals surface area contributed by atoms with E-state index in [0.29, 0.717) is 6.26 Å². The zero-order valence-corrected chi connectivity index (χ0v) is 15.5. The second kappa shape index (κ2) is 12.9. The van der Waals surface area contributed by atoms with Crippen LogP contribution in [-0.4, -0.2) is 78.1 Å². The molecule has 146 valence electrons. The molecule has 0 saturated carbocycles. The van der Waals surface area contributed by atoms with Crippen LogP contribution in [0.1, 0.15) is 6.92 Å². The lowest BCUT2D eigenvalue weighted by molar-refractivity contribution is 0.323. The standard InChI is InChI=1S/C2H6O3S.2CH4O4S.CH4O3S/c1-2-6(3,4)5;2*1-5-6(2,3)4;1-5(2,3)4/h2H2,1H3,(H,3,4,5);2*1H3,(H,2,3,4);1H3,(H,2,3,4). The third kappa shape index (κ3) is 113. The van der Waals surface area contributed by atoms with E-state index in [-0.39, 0.29) is 5.75 Å². The van der Waals surface area contributed by atoms with Crippen molar-refractivity contribution in [2.24, 2.45) is 0 Å². The maximum atomic E-state index is 9.56. The van der Waals surface area contributed by atoms with Gasteiger partial charge in [-0.1, -0.05) is 0 Å². The Morgan fingerprint density at radius 2 is 0.783 bits per heavy atom. The van der Waals surface area contributed by atoms with Crippen LogP contribution in [0, 0.1) is 0 Å². The molecule has 0 aromatic carbocycles. The van der Waals surface area contributed by atoms with Gasteiger partial charge in [-0.25, -0.2) is 0 Å². The number of rotatable bonds is 3. The monoisotopic (exact) mass is 430 g/mol. The van der Waals surface area contributed by atoms with Crippen molar-refractivity contribution in [3.05, 3.63) is 0 Å². The molecule has 18 heteroatoms. The summed E-state index contributed by atoms with van der Waals surface area (Å²) in [5, 5.41) is 0. The average molecular weight is 430 g/mol. The van der Waals surface area contributed by atoms with Crippen molar-refractivity contribution in [2.75, 3.05) is 26.2 Å². The maximum Gasteiger partial charge on any atom is 0.397 e. The quantitative estimate of drug-likeness (QED) is 0.364. The van der Waals surface area contributed by atoms with Crippen molar-refractivity contribution in [1.29, 1.82) is 0 Å². The summed E-state index contributed by atoms with van der Waals surface area (Å²) >= 11 is 0. The summed E-state index contributed by atoms with van der Waals surface area (Å²) in [7, 11) is -13.9. The summed E-state index contributed by atoms with van der Waals surface area (Å²) < 4.78 is 112. The van der Waals surface area contributed by atoms with Crippen LogP contribution in [0.3, 0.4) is 0 Å². The lowest BCUT2D eigenvalue weighted by atomic mass is 11.0. The van der Waals surface area contributed by atoms with E-state index in [1.165, 1.54) is 6.92 Å². The Bertz CT molecular complexity index is 596. The Morgan fingerprint density at radius 1 is 0.696 bits per heavy atom. The fraction of sp³-hybridized carbons (Fsp3) is 1.00. The van der Waals surface area contributed by atoms with Crippen molar-refractivity contribution in [3.63, 3.8) is 0 Å². The molecular formula is C5H18O14S4. The topological polar surface area (TPSA) is 236 Å². The Morgan fingerprint density at radius 3 is 0.783 bits per heavy atom. The summed E-state index contributed by atoms with van der Waals surface area (Å²) in [6.07, 6.45) is 0.715. The van der Waals surface area contributed by atoms with Crippen LogP contribution in [0.5, 0.6) is 0 Å². The highest BCUT2D eigenvalue weighted by molar-refractivity contribution is 7.85. The third-order valence-electron chi connectivity index (χ3n) is 0.786. The third-order valence-corrected chi connectivity index (χ3v) is 2.36. The van der Waals surface area contributed by atoms with Crippen LogP contribution in [-0.2, 0) is 49.4 Å². The predicted octanol–water partition coefficient (Wildman–Crippen LogP) is -1.73. The summed E-state index contributed by atoms with van der Waals surface area (Å²) in [5.74, 6) is -0.201. The Balaban J connectivity index is -0.000000105. The SMILES string of the molecule is CCS(=O)(=O)O.COS(=O)(=O)O.COS(=O)(=O)O.CS(=O)(=O)O. The van der Waals surface area contributed by atoms with E-state index in [0.717, 1.165) is 14.2 Å². The van der Waals surface area contributed by atoms with Gasteiger partial charge in [0.2, 0.25) is 0 Å². The molecule has 0 atom stereocenters. The molecule has 0 radical (unpaired) electrons. The molecule has 0 rings (SSSR count). The molecule has 4 N–H and O–H groups in total. The second-order valence-electron chi connectivity index (χ2n) is 2.79. The Hall–Kier alpha value is -0.440. The molecule has 0 aliphatic rings. The molecule has 0 heterocycles. The molecule has 0 aromatic rings. The molecule has 0 saturated heterocycles. The first-order valence-electron chi connectivity index (χ1n) is 4.62. The first-order valence-corrected chi connectivity index (χ1v) is 10.8. The normalized spacial score (nSPS) is 11.7. The lowest BCUT2D eigenvalue weighted by Gasteiger charge is -1.82. The van der Waals surface area contributed by atoms with Crippen LogP contribution >= 0.6 is 0 Å². The van der Waals surface area contributed by atoms with E-state index < -0.39 is 41.0 Å². The van der Waals surface area contributed by atoms with E-state index >= 15 is 0 Å². The first-order chi connectivity index (χ1) is 9.68. The summed E-state index contributed by atoms with van der Waals surface area (Å²) in [6, 6.07) is 0. The minimum Gasteiger partial charge on any atom is -0.286 e. The van der Waals surface area contributed by atoms with Crippen molar-refractivity contribution in [1.82, 2.24) is 0 Å². The second-order valence-corrected chi connectivity index (χ2v) is 8.38. The minimum absolute atomic E-state index is 0.201. The smallest absolute Gasteiger partial charge is 0.286 e. The van der Waals surface area contributed by atoms with Crippen molar-refractivity contribution < 1.29 is 60.2 Å². The van der Waals surface area contributed by atoms with Gasteiger partial charge in [0.05, 0.1) is 26.2 Å². The van der Waals surface area contributed by atoms with Gasteiger partial charge in [0, 0.05) is 0 Å². The van der Waals surface area contributed by atoms with Crippen molar-refractivity contribution >= 4 is 41.0 Å².